The monoisotopic (exact) mass is 272 g/mol. The van der Waals surface area contributed by atoms with Gasteiger partial charge in [0, 0.05) is 14.7 Å². The second-order valence-electron chi connectivity index (χ2n) is 5.33. The van der Waals surface area contributed by atoms with Crippen molar-refractivity contribution in [1.82, 2.24) is 9.78 Å². The fourth-order valence-corrected chi connectivity index (χ4v) is 2.10. The largest absolute Gasteiger partial charge is 0.477 e. The fraction of sp³-hybridized carbons (Fsp3) is 0.636. The summed E-state index contributed by atoms with van der Waals surface area (Å²) in [6.07, 6.45) is 0. The Morgan fingerprint density at radius 2 is 2.17 bits per heavy atom. The molecule has 0 aliphatic carbocycles. The Morgan fingerprint density at radius 1 is 1.50 bits per heavy atom. The van der Waals surface area contributed by atoms with Crippen LogP contribution in [0, 0.1) is 0 Å². The molecule has 0 spiro atoms. The molecule has 0 radical (unpaired) electrons. The van der Waals surface area contributed by atoms with Crippen molar-refractivity contribution in [2.24, 2.45) is 0 Å². The number of carboxylic acid groups (broad SMARTS) is 1. The highest BCUT2D eigenvalue weighted by Crippen LogP contribution is 2.09. The van der Waals surface area contributed by atoms with Gasteiger partial charge in [-0.1, -0.05) is 19.6 Å². The molecule has 102 valence electrons. The zero-order valence-corrected chi connectivity index (χ0v) is 12.0. The topological polar surface area (TPSA) is 84.6 Å². The van der Waals surface area contributed by atoms with Crippen LogP contribution >= 0.6 is 0 Å². The van der Waals surface area contributed by atoms with Gasteiger partial charge in [-0.3, -0.25) is 0 Å². The van der Waals surface area contributed by atoms with E-state index in [4.69, 9.17) is 14.9 Å². The van der Waals surface area contributed by atoms with E-state index < -0.39 is 14.0 Å². The lowest BCUT2D eigenvalue weighted by Crippen LogP contribution is -2.22. The maximum absolute atomic E-state index is 11.0. The Kier molecular flexibility index (Phi) is 5.06. The molecule has 0 aliphatic heterocycles. The van der Waals surface area contributed by atoms with Gasteiger partial charge in [0.1, 0.15) is 12.4 Å². The Bertz CT molecular complexity index is 412. The molecule has 0 saturated heterocycles. The molecule has 1 rings (SSSR count). The molecule has 0 bridgehead atoms. The molecule has 0 unspecified atom stereocenters. The molecule has 18 heavy (non-hydrogen) atoms. The zero-order chi connectivity index (χ0) is 13.8. The molecule has 0 fully saturated rings. The van der Waals surface area contributed by atoms with Gasteiger partial charge < -0.3 is 14.9 Å². The molecule has 0 saturated carbocycles. The van der Waals surface area contributed by atoms with E-state index in [0.717, 1.165) is 6.04 Å². The number of rotatable bonds is 7. The number of aromatic carboxylic acids is 1. The summed E-state index contributed by atoms with van der Waals surface area (Å²) in [5, 5.41) is 21.9. The van der Waals surface area contributed by atoms with Crippen LogP contribution in [-0.2, 0) is 18.1 Å². The Balaban J connectivity index is 2.56. The lowest BCUT2D eigenvalue weighted by molar-refractivity contribution is 0.0589. The first-order valence-electron chi connectivity index (χ1n) is 5.82. The molecule has 1 aromatic rings. The molecule has 0 aromatic carbocycles. The van der Waals surface area contributed by atoms with E-state index in [0.29, 0.717) is 12.3 Å². The van der Waals surface area contributed by atoms with Crippen LogP contribution in [0.25, 0.3) is 0 Å². The average molecular weight is 272 g/mol. The first-order chi connectivity index (χ1) is 8.33. The Labute approximate surface area is 107 Å². The van der Waals surface area contributed by atoms with Gasteiger partial charge in [0.05, 0.1) is 12.3 Å². The summed E-state index contributed by atoms with van der Waals surface area (Å²) in [4.78, 5) is 11.0. The van der Waals surface area contributed by atoms with E-state index >= 15 is 0 Å². The standard InChI is InChI=1S/C11H20N2O4Si/c1-18(2,3)5-4-17-8-13-10(11(15)16)6-9(7-14)12-13/h6,14H,4-5,7-8H2,1-3H3,(H,15,16). The number of hydrogen-bond donors (Lipinski definition) is 2. The minimum Gasteiger partial charge on any atom is -0.477 e. The van der Waals surface area contributed by atoms with Crippen molar-refractivity contribution in [2.75, 3.05) is 6.61 Å². The van der Waals surface area contributed by atoms with Crippen LogP contribution in [0.4, 0.5) is 0 Å². The summed E-state index contributed by atoms with van der Waals surface area (Å²) in [6, 6.07) is 2.37. The van der Waals surface area contributed by atoms with Crippen molar-refractivity contribution in [2.45, 2.75) is 39.0 Å². The van der Waals surface area contributed by atoms with Crippen molar-refractivity contribution in [1.29, 1.82) is 0 Å². The zero-order valence-electron chi connectivity index (χ0n) is 11.0. The number of carboxylic acids is 1. The maximum Gasteiger partial charge on any atom is 0.354 e. The smallest absolute Gasteiger partial charge is 0.354 e. The van der Waals surface area contributed by atoms with Crippen molar-refractivity contribution in [3.8, 4) is 0 Å². The second kappa shape index (κ2) is 6.12. The van der Waals surface area contributed by atoms with E-state index in [1.807, 2.05) is 0 Å². The second-order valence-corrected chi connectivity index (χ2v) is 11.0. The van der Waals surface area contributed by atoms with Gasteiger partial charge >= 0.3 is 5.97 Å². The molecule has 0 amide bonds. The summed E-state index contributed by atoms with van der Waals surface area (Å²) < 4.78 is 6.70. The molecular weight excluding hydrogens is 252 g/mol. The van der Waals surface area contributed by atoms with E-state index in [2.05, 4.69) is 24.7 Å². The molecule has 6 nitrogen and oxygen atoms in total. The van der Waals surface area contributed by atoms with E-state index in [1.54, 1.807) is 0 Å². The predicted octanol–water partition coefficient (Wildman–Crippen LogP) is 1.39. The first kappa shape index (κ1) is 14.9. The van der Waals surface area contributed by atoms with Crippen LogP contribution in [0.15, 0.2) is 6.07 Å². The normalized spacial score (nSPS) is 11.8. The SMILES string of the molecule is C[Si](C)(C)CCOCn1nc(CO)cc1C(=O)O. The molecule has 1 heterocycles. The van der Waals surface area contributed by atoms with Crippen molar-refractivity contribution < 1.29 is 19.7 Å². The van der Waals surface area contributed by atoms with Gasteiger partial charge in [-0.05, 0) is 12.1 Å². The predicted molar refractivity (Wildman–Crippen MR) is 69.2 cm³/mol. The lowest BCUT2D eigenvalue weighted by atomic mass is 10.3. The highest BCUT2D eigenvalue weighted by atomic mass is 28.3. The summed E-state index contributed by atoms with van der Waals surface area (Å²) >= 11 is 0. The van der Waals surface area contributed by atoms with Gasteiger partial charge in [0.15, 0.2) is 0 Å². The highest BCUT2D eigenvalue weighted by Gasteiger charge is 2.15. The van der Waals surface area contributed by atoms with Gasteiger partial charge in [0.25, 0.3) is 0 Å². The quantitative estimate of drug-likeness (QED) is 0.578. The minimum atomic E-state index is -1.14. The van der Waals surface area contributed by atoms with Gasteiger partial charge in [-0.25, -0.2) is 9.48 Å². The number of carbonyl (C=O) groups is 1. The first-order valence-corrected chi connectivity index (χ1v) is 9.53. The van der Waals surface area contributed by atoms with Crippen LogP contribution in [0.3, 0.4) is 0 Å². The van der Waals surface area contributed by atoms with Crippen LogP contribution in [-0.4, -0.2) is 40.6 Å². The number of hydrogen-bond acceptors (Lipinski definition) is 4. The van der Waals surface area contributed by atoms with E-state index in [9.17, 15) is 4.79 Å². The third-order valence-electron chi connectivity index (χ3n) is 2.42. The van der Waals surface area contributed by atoms with Gasteiger partial charge in [-0.2, -0.15) is 5.10 Å². The fourth-order valence-electron chi connectivity index (χ4n) is 1.35. The van der Waals surface area contributed by atoms with E-state index in [1.165, 1.54) is 10.7 Å². The summed E-state index contributed by atoms with van der Waals surface area (Å²) in [7, 11) is -1.14. The Hall–Kier alpha value is -1.18. The van der Waals surface area contributed by atoms with Crippen LogP contribution in [0.2, 0.25) is 25.7 Å². The maximum atomic E-state index is 11.0. The van der Waals surface area contributed by atoms with Crippen LogP contribution in [0.5, 0.6) is 0 Å². The molecule has 1 aromatic heterocycles. The molecule has 2 N–H and O–H groups in total. The highest BCUT2D eigenvalue weighted by molar-refractivity contribution is 6.76. The number of aliphatic hydroxyl groups is 1. The van der Waals surface area contributed by atoms with Crippen molar-refractivity contribution in [3.05, 3.63) is 17.5 Å². The third kappa shape index (κ3) is 4.59. The number of ether oxygens (including phenoxy) is 1. The summed E-state index contributed by atoms with van der Waals surface area (Å²) in [5.74, 6) is -1.07. The van der Waals surface area contributed by atoms with E-state index in [-0.39, 0.29) is 19.0 Å². The number of aromatic nitrogens is 2. The number of aliphatic hydroxyl groups excluding tert-OH is 1. The molecular formula is C11H20N2O4Si. The third-order valence-corrected chi connectivity index (χ3v) is 4.13. The molecule has 0 atom stereocenters. The van der Waals surface area contributed by atoms with Crippen LogP contribution in [0.1, 0.15) is 16.2 Å². The van der Waals surface area contributed by atoms with Gasteiger partial charge in [-0.15, -0.1) is 0 Å². The minimum absolute atomic E-state index is 0.0343. The molecule has 7 heteroatoms. The van der Waals surface area contributed by atoms with Crippen molar-refractivity contribution in [3.63, 3.8) is 0 Å². The summed E-state index contributed by atoms with van der Waals surface area (Å²) in [6.45, 7) is 7.17. The van der Waals surface area contributed by atoms with Crippen molar-refractivity contribution >= 4 is 14.0 Å². The molecule has 0 aliphatic rings. The van der Waals surface area contributed by atoms with Crippen LogP contribution < -0.4 is 0 Å². The number of nitrogens with zero attached hydrogens (tertiary/aromatic N) is 2. The van der Waals surface area contributed by atoms with Gasteiger partial charge in [0.2, 0.25) is 0 Å². The lowest BCUT2D eigenvalue weighted by Gasteiger charge is -2.15. The average Bonchev–Trinajstić information content (AvgIpc) is 2.66. The summed E-state index contributed by atoms with van der Waals surface area (Å²) in [5.41, 5.74) is 0.369. The Morgan fingerprint density at radius 3 is 2.67 bits per heavy atom.